The average molecular weight is 572 g/mol. The van der Waals surface area contributed by atoms with Crippen molar-refractivity contribution in [1.82, 2.24) is 9.47 Å². The molecule has 34 heavy (non-hydrogen) atoms. The van der Waals surface area contributed by atoms with Gasteiger partial charge < -0.3 is 4.57 Å². The first-order valence-electron chi connectivity index (χ1n) is 10.4. The number of imide groups is 1. The molecule has 1 fully saturated rings. The maximum atomic E-state index is 13.1. The third-order valence-corrected chi connectivity index (χ3v) is 7.77. The predicted octanol–water partition coefficient (Wildman–Crippen LogP) is 8.00. The van der Waals surface area contributed by atoms with Crippen molar-refractivity contribution in [1.29, 1.82) is 0 Å². The molecule has 170 valence electrons. The molecule has 2 amide bonds. The number of carbonyl (C=O) groups excluding carboxylic acids is 2. The normalized spacial score (nSPS) is 15.1. The summed E-state index contributed by atoms with van der Waals surface area (Å²) in [6, 6.07) is 21.3. The van der Waals surface area contributed by atoms with Crippen LogP contribution in [-0.4, -0.2) is 20.6 Å². The molecule has 0 spiro atoms. The van der Waals surface area contributed by atoms with Crippen LogP contribution >= 0.6 is 50.9 Å². The number of hydrogen-bond acceptors (Lipinski definition) is 3. The van der Waals surface area contributed by atoms with Crippen LogP contribution in [0.4, 0.5) is 4.79 Å². The Morgan fingerprint density at radius 3 is 2.32 bits per heavy atom. The molecular weight excluding hydrogens is 555 g/mol. The third kappa shape index (κ3) is 4.56. The van der Waals surface area contributed by atoms with Crippen LogP contribution in [0.5, 0.6) is 0 Å². The Labute approximate surface area is 219 Å². The smallest absolute Gasteiger partial charge is 0.293 e. The largest absolute Gasteiger partial charge is 0.342 e. The molecule has 0 N–H and O–H groups in total. The van der Waals surface area contributed by atoms with E-state index in [0.717, 1.165) is 38.3 Å². The number of amides is 2. The third-order valence-electron chi connectivity index (χ3n) is 5.62. The molecule has 1 aromatic heterocycles. The molecule has 4 nitrogen and oxygen atoms in total. The van der Waals surface area contributed by atoms with Gasteiger partial charge in [0, 0.05) is 49.3 Å². The second-order valence-corrected chi connectivity index (χ2v) is 10.5. The van der Waals surface area contributed by atoms with E-state index in [0.29, 0.717) is 27.1 Å². The highest BCUT2D eigenvalue weighted by atomic mass is 79.9. The molecule has 0 unspecified atom stereocenters. The molecule has 1 aliphatic rings. The van der Waals surface area contributed by atoms with Crippen molar-refractivity contribution < 1.29 is 9.59 Å². The number of aromatic nitrogens is 1. The predicted molar refractivity (Wildman–Crippen MR) is 143 cm³/mol. The summed E-state index contributed by atoms with van der Waals surface area (Å²) in [4.78, 5) is 27.4. The van der Waals surface area contributed by atoms with Gasteiger partial charge >= 0.3 is 0 Å². The van der Waals surface area contributed by atoms with Crippen molar-refractivity contribution in [2.45, 2.75) is 13.1 Å². The highest BCUT2D eigenvalue weighted by Crippen LogP contribution is 2.37. The van der Waals surface area contributed by atoms with Crippen molar-refractivity contribution in [3.05, 3.63) is 109 Å². The van der Waals surface area contributed by atoms with Gasteiger partial charge in [0.25, 0.3) is 11.1 Å². The summed E-state index contributed by atoms with van der Waals surface area (Å²) in [5.41, 5.74) is 3.65. The van der Waals surface area contributed by atoms with Gasteiger partial charge in [-0.1, -0.05) is 75.5 Å². The number of benzene rings is 3. The van der Waals surface area contributed by atoms with Crippen LogP contribution < -0.4 is 0 Å². The molecule has 8 heteroatoms. The molecule has 0 radical (unpaired) electrons. The molecule has 4 aromatic rings. The highest BCUT2D eigenvalue weighted by Gasteiger charge is 2.36. The molecule has 1 aliphatic heterocycles. The van der Waals surface area contributed by atoms with Crippen molar-refractivity contribution in [2.24, 2.45) is 0 Å². The fourth-order valence-electron chi connectivity index (χ4n) is 3.93. The van der Waals surface area contributed by atoms with E-state index < -0.39 is 0 Å². The van der Waals surface area contributed by atoms with Crippen molar-refractivity contribution >= 4 is 79.0 Å². The summed E-state index contributed by atoms with van der Waals surface area (Å²) < 4.78 is 3.18. The van der Waals surface area contributed by atoms with Crippen LogP contribution in [0.1, 0.15) is 16.7 Å². The maximum absolute atomic E-state index is 13.1. The summed E-state index contributed by atoms with van der Waals surface area (Å²) in [5.74, 6) is -0.351. The van der Waals surface area contributed by atoms with Crippen LogP contribution in [0.3, 0.4) is 0 Å². The Morgan fingerprint density at radius 2 is 1.59 bits per heavy atom. The van der Waals surface area contributed by atoms with Gasteiger partial charge in [0.15, 0.2) is 0 Å². The molecule has 0 bridgehead atoms. The first kappa shape index (κ1) is 23.2. The zero-order chi connectivity index (χ0) is 23.8. The lowest BCUT2D eigenvalue weighted by molar-refractivity contribution is -0.123. The van der Waals surface area contributed by atoms with Gasteiger partial charge in [-0.2, -0.15) is 0 Å². The van der Waals surface area contributed by atoms with E-state index in [-0.39, 0.29) is 17.7 Å². The first-order valence-corrected chi connectivity index (χ1v) is 12.8. The van der Waals surface area contributed by atoms with E-state index in [1.54, 1.807) is 24.3 Å². The number of nitrogens with zero attached hydrogens (tertiary/aromatic N) is 2. The number of hydrogen-bond donors (Lipinski definition) is 0. The average Bonchev–Trinajstić information content (AvgIpc) is 3.29. The Hall–Kier alpha value is -2.51. The molecule has 0 atom stereocenters. The van der Waals surface area contributed by atoms with E-state index in [2.05, 4.69) is 38.7 Å². The zero-order valence-corrected chi connectivity index (χ0v) is 21.6. The van der Waals surface area contributed by atoms with Crippen LogP contribution in [0, 0.1) is 0 Å². The van der Waals surface area contributed by atoms with Crippen LogP contribution in [-0.2, 0) is 17.9 Å². The number of halogens is 3. The molecule has 0 saturated carbocycles. The summed E-state index contributed by atoms with van der Waals surface area (Å²) in [7, 11) is 0. The van der Waals surface area contributed by atoms with E-state index in [1.807, 2.05) is 36.5 Å². The van der Waals surface area contributed by atoms with Crippen molar-refractivity contribution in [2.75, 3.05) is 0 Å². The van der Waals surface area contributed by atoms with Gasteiger partial charge in [0.1, 0.15) is 0 Å². The Morgan fingerprint density at radius 1 is 0.882 bits per heavy atom. The first-order chi connectivity index (χ1) is 16.4. The quantitative estimate of drug-likeness (QED) is 0.228. The van der Waals surface area contributed by atoms with E-state index in [9.17, 15) is 9.59 Å². The Kier molecular flexibility index (Phi) is 6.58. The molecule has 0 aliphatic carbocycles. The summed E-state index contributed by atoms with van der Waals surface area (Å²) >= 11 is 16.9. The van der Waals surface area contributed by atoms with E-state index >= 15 is 0 Å². The topological polar surface area (TPSA) is 42.3 Å². The number of carbonyl (C=O) groups is 2. The fourth-order valence-corrected chi connectivity index (χ4v) is 5.54. The second kappa shape index (κ2) is 9.62. The lowest BCUT2D eigenvalue weighted by atomic mass is 10.1. The van der Waals surface area contributed by atoms with Gasteiger partial charge in [-0.05, 0) is 53.7 Å². The minimum absolute atomic E-state index is 0.0336. The van der Waals surface area contributed by atoms with Gasteiger partial charge in [-0.3, -0.25) is 14.5 Å². The Bertz CT molecular complexity index is 1440. The van der Waals surface area contributed by atoms with Crippen molar-refractivity contribution in [3.8, 4) is 0 Å². The zero-order valence-electron chi connectivity index (χ0n) is 17.7. The van der Waals surface area contributed by atoms with E-state index in [1.165, 1.54) is 4.90 Å². The van der Waals surface area contributed by atoms with Crippen molar-refractivity contribution in [3.63, 3.8) is 0 Å². The number of para-hydroxylation sites is 1. The van der Waals surface area contributed by atoms with Gasteiger partial charge in [-0.15, -0.1) is 0 Å². The second-order valence-electron chi connectivity index (χ2n) is 7.82. The standard InChI is InChI=1S/C26H17BrCl2N2O2S/c27-18-10-8-16(9-11-18)13-30-14-17(19-4-1-2-7-23(19)30)12-24-25(32)31(26(33)34-24)15-20-21(28)5-3-6-22(20)29/h1-12,14H,13,15H2/b24-12-. The van der Waals surface area contributed by atoms with Gasteiger partial charge in [0.2, 0.25) is 0 Å². The lowest BCUT2D eigenvalue weighted by Crippen LogP contribution is -2.27. The lowest BCUT2D eigenvalue weighted by Gasteiger charge is -2.14. The highest BCUT2D eigenvalue weighted by molar-refractivity contribution is 9.10. The molecule has 5 rings (SSSR count). The van der Waals surface area contributed by atoms with Gasteiger partial charge in [-0.25, -0.2) is 0 Å². The minimum atomic E-state index is -0.351. The van der Waals surface area contributed by atoms with Crippen LogP contribution in [0.25, 0.3) is 17.0 Å². The fraction of sp³-hybridized carbons (Fsp3) is 0.0769. The minimum Gasteiger partial charge on any atom is -0.342 e. The summed E-state index contributed by atoms with van der Waals surface area (Å²) in [6.45, 7) is 0.722. The molecule has 3 aromatic carbocycles. The number of fused-ring (bicyclic) bond motifs is 1. The maximum Gasteiger partial charge on any atom is 0.293 e. The summed E-state index contributed by atoms with van der Waals surface area (Å²) in [6.07, 6.45) is 3.81. The molecular formula is C26H17BrCl2N2O2S. The van der Waals surface area contributed by atoms with E-state index in [4.69, 9.17) is 23.2 Å². The molecule has 1 saturated heterocycles. The number of rotatable bonds is 5. The van der Waals surface area contributed by atoms with Crippen LogP contribution in [0.2, 0.25) is 10.0 Å². The number of thioether (sulfide) groups is 1. The summed E-state index contributed by atoms with van der Waals surface area (Å²) in [5, 5.41) is 1.52. The molecule has 2 heterocycles. The SMILES string of the molecule is O=C1S/C(=C\c2cn(Cc3ccc(Br)cc3)c3ccccc23)C(=O)N1Cc1c(Cl)cccc1Cl. The Balaban J connectivity index is 1.47. The van der Waals surface area contributed by atoms with Gasteiger partial charge in [0.05, 0.1) is 11.4 Å². The van der Waals surface area contributed by atoms with Crippen LogP contribution in [0.15, 0.2) is 82.3 Å². The monoisotopic (exact) mass is 570 g/mol.